The fourth-order valence-electron chi connectivity index (χ4n) is 1.93. The lowest BCUT2D eigenvalue weighted by atomic mass is 10.1. The standard InChI is InChI=1S/C14H16F3N3/c1-18-6-5-13-9-20(10-19-13)8-11-3-2-4-12(7-11)14(15,16)17/h2-4,7,9-10,18H,5-6,8H2,1H3. The van der Waals surface area contributed by atoms with Crippen LogP contribution in [0, 0.1) is 0 Å². The van der Waals surface area contributed by atoms with E-state index in [-0.39, 0.29) is 0 Å². The summed E-state index contributed by atoms with van der Waals surface area (Å²) < 4.78 is 39.7. The van der Waals surface area contributed by atoms with Gasteiger partial charge < -0.3 is 9.88 Å². The van der Waals surface area contributed by atoms with E-state index in [1.165, 1.54) is 12.1 Å². The second kappa shape index (κ2) is 6.09. The van der Waals surface area contributed by atoms with Crippen LogP contribution in [-0.4, -0.2) is 23.1 Å². The molecule has 0 radical (unpaired) electrons. The third-order valence-electron chi connectivity index (χ3n) is 2.94. The third kappa shape index (κ3) is 3.84. The summed E-state index contributed by atoms with van der Waals surface area (Å²) in [5, 5.41) is 3.02. The number of hydrogen-bond donors (Lipinski definition) is 1. The van der Waals surface area contributed by atoms with E-state index >= 15 is 0 Å². The molecule has 0 spiro atoms. The highest BCUT2D eigenvalue weighted by molar-refractivity contribution is 5.26. The van der Waals surface area contributed by atoms with Gasteiger partial charge in [0.15, 0.2) is 0 Å². The summed E-state index contributed by atoms with van der Waals surface area (Å²) in [5.41, 5.74) is 0.911. The number of hydrogen-bond acceptors (Lipinski definition) is 2. The van der Waals surface area contributed by atoms with Crippen LogP contribution in [0.2, 0.25) is 0 Å². The number of benzene rings is 1. The minimum atomic E-state index is -4.30. The van der Waals surface area contributed by atoms with E-state index in [0.717, 1.165) is 24.7 Å². The highest BCUT2D eigenvalue weighted by Gasteiger charge is 2.30. The Morgan fingerprint density at radius 1 is 1.30 bits per heavy atom. The zero-order valence-corrected chi connectivity index (χ0v) is 11.1. The molecule has 3 nitrogen and oxygen atoms in total. The van der Waals surface area contributed by atoms with Gasteiger partial charge >= 0.3 is 6.18 Å². The van der Waals surface area contributed by atoms with Crippen LogP contribution in [0.25, 0.3) is 0 Å². The molecule has 0 atom stereocenters. The van der Waals surface area contributed by atoms with Gasteiger partial charge in [-0.2, -0.15) is 13.2 Å². The van der Waals surface area contributed by atoms with Gasteiger partial charge in [0.25, 0.3) is 0 Å². The van der Waals surface area contributed by atoms with Crippen LogP contribution in [0.5, 0.6) is 0 Å². The van der Waals surface area contributed by atoms with Gasteiger partial charge in [0.05, 0.1) is 17.6 Å². The lowest BCUT2D eigenvalue weighted by Gasteiger charge is -2.09. The van der Waals surface area contributed by atoms with Gasteiger partial charge in [-0.05, 0) is 24.7 Å². The van der Waals surface area contributed by atoms with Crippen molar-refractivity contribution in [1.29, 1.82) is 0 Å². The highest BCUT2D eigenvalue weighted by atomic mass is 19.4. The molecule has 0 saturated heterocycles. The summed E-state index contributed by atoms with van der Waals surface area (Å²) >= 11 is 0. The minimum Gasteiger partial charge on any atom is -0.333 e. The second-order valence-corrected chi connectivity index (χ2v) is 4.59. The fraction of sp³-hybridized carbons (Fsp3) is 0.357. The molecule has 0 fully saturated rings. The molecule has 1 aromatic carbocycles. The van der Waals surface area contributed by atoms with Crippen LogP contribution in [-0.2, 0) is 19.1 Å². The molecule has 108 valence electrons. The summed E-state index contributed by atoms with van der Waals surface area (Å²) in [6.45, 7) is 1.21. The zero-order valence-electron chi connectivity index (χ0n) is 11.1. The number of halogens is 3. The molecular formula is C14H16F3N3. The Balaban J connectivity index is 2.08. The number of imidazole rings is 1. The molecular weight excluding hydrogens is 267 g/mol. The highest BCUT2D eigenvalue weighted by Crippen LogP contribution is 2.29. The first-order chi connectivity index (χ1) is 9.49. The molecule has 2 aromatic rings. The fourth-order valence-corrected chi connectivity index (χ4v) is 1.93. The van der Waals surface area contributed by atoms with Crippen LogP contribution in [0.1, 0.15) is 16.8 Å². The summed E-state index contributed by atoms with van der Waals surface area (Å²) in [4.78, 5) is 4.22. The number of nitrogens with one attached hydrogen (secondary N) is 1. The average molecular weight is 283 g/mol. The zero-order chi connectivity index (χ0) is 14.6. The van der Waals surface area contributed by atoms with Crippen molar-refractivity contribution in [2.45, 2.75) is 19.1 Å². The molecule has 1 heterocycles. The van der Waals surface area contributed by atoms with Crippen molar-refractivity contribution in [3.63, 3.8) is 0 Å². The summed E-state index contributed by atoms with van der Waals surface area (Å²) in [5.74, 6) is 0. The molecule has 6 heteroatoms. The number of alkyl halides is 3. The Kier molecular flexibility index (Phi) is 4.44. The van der Waals surface area contributed by atoms with Gasteiger partial charge in [0.1, 0.15) is 0 Å². The number of likely N-dealkylation sites (N-methyl/N-ethyl adjacent to an activating group) is 1. The van der Waals surface area contributed by atoms with E-state index in [4.69, 9.17) is 0 Å². The summed E-state index contributed by atoms with van der Waals surface area (Å²) in [6.07, 6.45) is -0.00213. The average Bonchev–Trinajstić information content (AvgIpc) is 2.83. The third-order valence-corrected chi connectivity index (χ3v) is 2.94. The van der Waals surface area contributed by atoms with Crippen molar-refractivity contribution < 1.29 is 13.2 Å². The molecule has 0 aliphatic carbocycles. The molecule has 0 amide bonds. The quantitative estimate of drug-likeness (QED) is 0.914. The lowest BCUT2D eigenvalue weighted by Crippen LogP contribution is -2.10. The minimum absolute atomic E-state index is 0.385. The first kappa shape index (κ1) is 14.6. The van der Waals surface area contributed by atoms with Gasteiger partial charge in [0, 0.05) is 25.7 Å². The molecule has 0 saturated carbocycles. The maximum atomic E-state index is 12.6. The molecule has 0 aliphatic rings. The van der Waals surface area contributed by atoms with Crippen LogP contribution < -0.4 is 5.32 Å². The number of nitrogens with zero attached hydrogens (tertiary/aromatic N) is 2. The molecule has 0 unspecified atom stereocenters. The van der Waals surface area contributed by atoms with Crippen molar-refractivity contribution in [2.24, 2.45) is 0 Å². The van der Waals surface area contributed by atoms with Crippen molar-refractivity contribution in [2.75, 3.05) is 13.6 Å². The van der Waals surface area contributed by atoms with Gasteiger partial charge in [-0.1, -0.05) is 12.1 Å². The second-order valence-electron chi connectivity index (χ2n) is 4.59. The van der Waals surface area contributed by atoms with E-state index in [9.17, 15) is 13.2 Å². The van der Waals surface area contributed by atoms with Crippen molar-refractivity contribution in [1.82, 2.24) is 14.9 Å². The van der Waals surface area contributed by atoms with Crippen LogP contribution in [0.4, 0.5) is 13.2 Å². The van der Waals surface area contributed by atoms with Gasteiger partial charge in [0.2, 0.25) is 0 Å². The monoisotopic (exact) mass is 283 g/mol. The normalized spacial score (nSPS) is 11.8. The van der Waals surface area contributed by atoms with E-state index in [1.807, 2.05) is 13.2 Å². The van der Waals surface area contributed by atoms with E-state index < -0.39 is 11.7 Å². The largest absolute Gasteiger partial charge is 0.416 e. The predicted octanol–water partition coefficient (Wildman–Crippen LogP) is 2.71. The lowest BCUT2D eigenvalue weighted by molar-refractivity contribution is -0.137. The van der Waals surface area contributed by atoms with Gasteiger partial charge in [-0.25, -0.2) is 4.98 Å². The Labute approximate surface area is 115 Å². The van der Waals surface area contributed by atoms with E-state index in [0.29, 0.717) is 12.1 Å². The molecule has 0 aliphatic heterocycles. The topological polar surface area (TPSA) is 29.9 Å². The molecule has 1 N–H and O–H groups in total. The maximum absolute atomic E-state index is 12.6. The van der Waals surface area contributed by atoms with Crippen LogP contribution in [0.15, 0.2) is 36.8 Å². The van der Waals surface area contributed by atoms with Crippen LogP contribution in [0.3, 0.4) is 0 Å². The van der Waals surface area contributed by atoms with E-state index in [1.54, 1.807) is 17.0 Å². The van der Waals surface area contributed by atoms with Crippen molar-refractivity contribution in [3.05, 3.63) is 53.6 Å². The van der Waals surface area contributed by atoms with E-state index in [2.05, 4.69) is 10.3 Å². The summed E-state index contributed by atoms with van der Waals surface area (Å²) in [7, 11) is 1.86. The Morgan fingerprint density at radius 2 is 2.10 bits per heavy atom. The molecule has 0 bridgehead atoms. The Morgan fingerprint density at radius 3 is 2.80 bits per heavy atom. The number of rotatable bonds is 5. The summed E-state index contributed by atoms with van der Waals surface area (Å²) in [6, 6.07) is 5.36. The van der Waals surface area contributed by atoms with Gasteiger partial charge in [-0.3, -0.25) is 0 Å². The number of aromatic nitrogens is 2. The Bertz CT molecular complexity index is 561. The van der Waals surface area contributed by atoms with Gasteiger partial charge in [-0.15, -0.1) is 0 Å². The Hall–Kier alpha value is -1.82. The van der Waals surface area contributed by atoms with Crippen molar-refractivity contribution >= 4 is 0 Å². The first-order valence-electron chi connectivity index (χ1n) is 6.30. The SMILES string of the molecule is CNCCc1cn(Cc2cccc(C(F)(F)F)c2)cn1. The maximum Gasteiger partial charge on any atom is 0.416 e. The smallest absolute Gasteiger partial charge is 0.333 e. The van der Waals surface area contributed by atoms with Crippen molar-refractivity contribution in [3.8, 4) is 0 Å². The first-order valence-corrected chi connectivity index (χ1v) is 6.30. The predicted molar refractivity (Wildman–Crippen MR) is 70.4 cm³/mol. The van der Waals surface area contributed by atoms with Crippen LogP contribution >= 0.6 is 0 Å². The molecule has 20 heavy (non-hydrogen) atoms. The molecule has 2 rings (SSSR count). The molecule has 1 aromatic heterocycles.